The maximum Gasteiger partial charge on any atom is 0.347 e. The van der Waals surface area contributed by atoms with Crippen molar-refractivity contribution < 1.29 is 34.1 Å². The van der Waals surface area contributed by atoms with Crippen LogP contribution in [0.25, 0.3) is 64.6 Å². The van der Waals surface area contributed by atoms with Gasteiger partial charge in [0.2, 0.25) is 0 Å². The van der Waals surface area contributed by atoms with E-state index in [1.54, 1.807) is 60.7 Å². The molecule has 0 spiro atoms. The molecule has 10 rings (SSSR count). The first-order valence-corrected chi connectivity index (χ1v) is 19.9. The Labute approximate surface area is 359 Å². The highest BCUT2D eigenvalue weighted by Crippen LogP contribution is 2.32. The van der Waals surface area contributed by atoms with Crippen molar-refractivity contribution in [3.05, 3.63) is 214 Å². The Morgan fingerprint density at radius 3 is 1.03 bits per heavy atom. The van der Waals surface area contributed by atoms with Crippen LogP contribution in [0.15, 0.2) is 170 Å². The van der Waals surface area contributed by atoms with Gasteiger partial charge in [-0.25, -0.2) is 19.2 Å². The molecule has 7 nitrogen and oxygen atoms in total. The molecule has 0 unspecified atom stereocenters. The van der Waals surface area contributed by atoms with Gasteiger partial charge in [-0.15, -0.1) is 0 Å². The molecule has 7 heteroatoms. The van der Waals surface area contributed by atoms with Gasteiger partial charge in [0.15, 0.2) is 0 Å². The number of carboxylic acids is 2. The first-order chi connectivity index (χ1) is 30.7. The molecule has 2 N–H and O–H groups in total. The first kappa shape index (κ1) is 38.2. The lowest BCUT2D eigenvalue weighted by Crippen LogP contribution is -2.20. The lowest BCUT2D eigenvalue weighted by molar-refractivity contribution is 0.0389. The van der Waals surface area contributed by atoms with Crippen molar-refractivity contribution in [1.82, 2.24) is 0 Å². The van der Waals surface area contributed by atoms with Crippen LogP contribution in [0.1, 0.15) is 63.7 Å². The Balaban J connectivity index is 1.08. The van der Waals surface area contributed by atoms with Gasteiger partial charge < -0.3 is 14.9 Å². The van der Waals surface area contributed by atoms with Gasteiger partial charge in [-0.3, -0.25) is 0 Å². The summed E-state index contributed by atoms with van der Waals surface area (Å²) in [6, 6.07) is 51.9. The summed E-state index contributed by atoms with van der Waals surface area (Å²) >= 11 is 0. The fourth-order valence-corrected chi connectivity index (χ4v) is 8.37. The molecule has 0 atom stereocenters. The number of fused-ring (bicyclic) bond motifs is 6. The highest BCUT2D eigenvalue weighted by molar-refractivity contribution is 6.20. The lowest BCUT2D eigenvalue weighted by atomic mass is 9.92. The summed E-state index contributed by atoms with van der Waals surface area (Å²) < 4.78 is 5.55. The van der Waals surface area contributed by atoms with E-state index in [1.807, 2.05) is 97.1 Å². The number of ether oxygens (including phenoxy) is 1. The summed E-state index contributed by atoms with van der Waals surface area (Å²) in [6.45, 7) is 0. The van der Waals surface area contributed by atoms with Crippen LogP contribution in [-0.4, -0.2) is 34.1 Å². The van der Waals surface area contributed by atoms with Gasteiger partial charge in [0.05, 0.1) is 22.3 Å². The van der Waals surface area contributed by atoms with Crippen LogP contribution in [0.5, 0.6) is 0 Å². The molecule has 296 valence electrons. The van der Waals surface area contributed by atoms with E-state index in [9.17, 15) is 29.4 Å². The standard InChI is InChI=1S/C56H30O7/c57-53(58)49-43(25-23-33-17-9-19-41-27-35-11-1-3-13-37(35)31-47(33)41)29-39-15-5-7-21-45(39)51(49)55(61)63-56(62)52-46-22-8-6-16-40(46)30-44(50(52)54(59)60)26-24-34-18-10-20-42-28-36-12-2-4-14-38(36)32-48(34)42/h1-22,27-32H,(H,57,58)(H,59,60). The van der Waals surface area contributed by atoms with Crippen molar-refractivity contribution in [2.75, 3.05) is 0 Å². The summed E-state index contributed by atoms with van der Waals surface area (Å²) in [5.41, 5.74) is -0.391. The number of carboxylic acid groups (broad SMARTS) is 2. The summed E-state index contributed by atoms with van der Waals surface area (Å²) in [5, 5.41) is 30.6. The van der Waals surface area contributed by atoms with Crippen LogP contribution >= 0.6 is 0 Å². The molecule has 10 aromatic carbocycles. The van der Waals surface area contributed by atoms with Gasteiger partial charge in [0.25, 0.3) is 0 Å². The Morgan fingerprint density at radius 1 is 0.317 bits per heavy atom. The molecule has 0 saturated heterocycles. The summed E-state index contributed by atoms with van der Waals surface area (Å²) in [5.74, 6) is 6.79. The third-order valence-corrected chi connectivity index (χ3v) is 11.3. The molecule has 0 radical (unpaired) electrons. The number of aromatic carboxylic acids is 2. The molecule has 0 heterocycles. The van der Waals surface area contributed by atoms with Gasteiger partial charge >= 0.3 is 23.9 Å². The molecular formula is C56H30O7. The van der Waals surface area contributed by atoms with E-state index in [2.05, 4.69) is 35.8 Å². The van der Waals surface area contributed by atoms with E-state index < -0.39 is 46.1 Å². The Bertz CT molecular complexity index is 3530. The van der Waals surface area contributed by atoms with E-state index in [-0.39, 0.29) is 21.9 Å². The third kappa shape index (κ3) is 6.92. The smallest absolute Gasteiger partial charge is 0.347 e. The molecule has 0 saturated carbocycles. The summed E-state index contributed by atoms with van der Waals surface area (Å²) in [6.07, 6.45) is 0. The number of carbonyl (C=O) groups excluding carboxylic acids is 2. The fourth-order valence-electron chi connectivity index (χ4n) is 8.37. The largest absolute Gasteiger partial charge is 0.478 e. The monoisotopic (exact) mass is 814 g/mol. The minimum absolute atomic E-state index is 0.0220. The topological polar surface area (TPSA) is 118 Å². The highest BCUT2D eigenvalue weighted by atomic mass is 16.6. The van der Waals surface area contributed by atoms with E-state index in [1.165, 1.54) is 0 Å². The van der Waals surface area contributed by atoms with Crippen molar-refractivity contribution in [3.8, 4) is 23.7 Å². The average molecular weight is 815 g/mol. The fraction of sp³-hybridized carbons (Fsp3) is 0. The second kappa shape index (κ2) is 15.5. The normalized spacial score (nSPS) is 11.0. The Morgan fingerprint density at radius 2 is 0.635 bits per heavy atom. The quantitative estimate of drug-likeness (QED) is 0.0786. The summed E-state index contributed by atoms with van der Waals surface area (Å²) in [7, 11) is 0. The number of carbonyl (C=O) groups is 4. The van der Waals surface area contributed by atoms with Crippen molar-refractivity contribution in [2.24, 2.45) is 0 Å². The molecule has 0 aliphatic carbocycles. The summed E-state index contributed by atoms with van der Waals surface area (Å²) in [4.78, 5) is 55.1. The van der Waals surface area contributed by atoms with E-state index in [0.29, 0.717) is 21.9 Å². The van der Waals surface area contributed by atoms with Gasteiger partial charge in [-0.1, -0.05) is 145 Å². The first-order valence-electron chi connectivity index (χ1n) is 19.9. The van der Waals surface area contributed by atoms with Crippen molar-refractivity contribution >= 4 is 88.5 Å². The number of hydrogen-bond donors (Lipinski definition) is 2. The zero-order valence-electron chi connectivity index (χ0n) is 33.1. The van der Waals surface area contributed by atoms with Crippen molar-refractivity contribution in [2.45, 2.75) is 0 Å². The predicted molar refractivity (Wildman–Crippen MR) is 246 cm³/mol. The van der Waals surface area contributed by atoms with Crippen LogP contribution in [0.2, 0.25) is 0 Å². The van der Waals surface area contributed by atoms with Crippen LogP contribution in [0, 0.1) is 23.7 Å². The van der Waals surface area contributed by atoms with Gasteiger partial charge in [-0.2, -0.15) is 0 Å². The van der Waals surface area contributed by atoms with Crippen LogP contribution in [0.3, 0.4) is 0 Å². The minimum atomic E-state index is -1.47. The Hall–Kier alpha value is -9.04. The van der Waals surface area contributed by atoms with Crippen LogP contribution in [-0.2, 0) is 4.74 Å². The SMILES string of the molecule is O=C(O)c1c(C#Cc2cccc3cc4ccccc4cc23)cc2ccccc2c1C(=O)OC(=O)c1c(C(=O)O)c(C#Cc2cccc3cc4ccccc4cc23)cc2ccccc12. The second-order valence-corrected chi connectivity index (χ2v) is 15.0. The zero-order chi connectivity index (χ0) is 43.2. The molecule has 10 aromatic rings. The minimum Gasteiger partial charge on any atom is -0.478 e. The number of hydrogen-bond acceptors (Lipinski definition) is 5. The van der Waals surface area contributed by atoms with Gasteiger partial charge in [0, 0.05) is 22.3 Å². The zero-order valence-corrected chi connectivity index (χ0v) is 33.1. The third-order valence-electron chi connectivity index (χ3n) is 11.3. The lowest BCUT2D eigenvalue weighted by Gasteiger charge is -2.14. The van der Waals surface area contributed by atoms with Gasteiger partial charge in [-0.05, 0) is 113 Å². The van der Waals surface area contributed by atoms with E-state index in [4.69, 9.17) is 4.74 Å². The Kier molecular flexibility index (Phi) is 9.41. The molecule has 0 fully saturated rings. The number of esters is 2. The van der Waals surface area contributed by atoms with Crippen LogP contribution < -0.4 is 0 Å². The molecule has 0 aliphatic heterocycles. The number of rotatable bonds is 4. The molecular weight excluding hydrogens is 785 g/mol. The molecule has 63 heavy (non-hydrogen) atoms. The maximum absolute atomic E-state index is 14.4. The molecule has 0 amide bonds. The maximum atomic E-state index is 14.4. The average Bonchev–Trinajstić information content (AvgIpc) is 3.30. The molecule has 0 aliphatic rings. The van der Waals surface area contributed by atoms with E-state index >= 15 is 0 Å². The van der Waals surface area contributed by atoms with Gasteiger partial charge in [0.1, 0.15) is 0 Å². The van der Waals surface area contributed by atoms with E-state index in [0.717, 1.165) is 43.1 Å². The van der Waals surface area contributed by atoms with Crippen LogP contribution in [0.4, 0.5) is 0 Å². The predicted octanol–water partition coefficient (Wildman–Crippen LogP) is 11.8. The highest BCUT2D eigenvalue weighted by Gasteiger charge is 2.30. The molecule has 0 bridgehead atoms. The second-order valence-electron chi connectivity index (χ2n) is 15.0. The molecule has 0 aromatic heterocycles. The number of benzene rings is 10. The van der Waals surface area contributed by atoms with Crippen molar-refractivity contribution in [3.63, 3.8) is 0 Å². The van der Waals surface area contributed by atoms with Crippen molar-refractivity contribution in [1.29, 1.82) is 0 Å².